The van der Waals surface area contributed by atoms with E-state index in [2.05, 4.69) is 0 Å². The molecule has 12 heteroatoms. The van der Waals surface area contributed by atoms with Crippen LogP contribution >= 0.6 is 0 Å². The second-order valence-electron chi connectivity index (χ2n) is 8.01. The Bertz CT molecular complexity index is 1790. The van der Waals surface area contributed by atoms with Crippen molar-refractivity contribution >= 4 is 21.5 Å². The van der Waals surface area contributed by atoms with Crippen LogP contribution in [-0.4, -0.2) is 0 Å². The van der Waals surface area contributed by atoms with Gasteiger partial charge in [-0.05, 0) is 35.0 Å². The first-order valence-electron chi connectivity index (χ1n) is 10.2. The lowest BCUT2D eigenvalue weighted by atomic mass is 9.84. The Balaban J connectivity index is 2.18. The third kappa shape index (κ3) is 3.42. The van der Waals surface area contributed by atoms with E-state index in [1.54, 1.807) is 0 Å². The fourth-order valence-corrected chi connectivity index (χ4v) is 4.39. The Kier molecular flexibility index (Phi) is 5.80. The van der Waals surface area contributed by atoms with Gasteiger partial charge in [0, 0.05) is 28.0 Å². The summed E-state index contributed by atoms with van der Waals surface area (Å²) in [5.74, 6) is -25.2. The zero-order valence-corrected chi connectivity index (χ0v) is 18.0. The van der Waals surface area contributed by atoms with Gasteiger partial charge >= 0.3 is 0 Å². The first-order chi connectivity index (χ1) is 17.9. The molecule has 0 bridgehead atoms. The van der Waals surface area contributed by atoms with E-state index in [9.17, 15) is 43.9 Å². The van der Waals surface area contributed by atoms with Gasteiger partial charge in [0.05, 0.1) is 11.1 Å². The lowest BCUT2D eigenvalue weighted by Crippen LogP contribution is -2.07. The average Bonchev–Trinajstić information content (AvgIpc) is 2.88. The van der Waals surface area contributed by atoms with E-state index in [4.69, 9.17) is 0 Å². The number of hydrogen-bond acceptors (Lipinski definition) is 0. The van der Waals surface area contributed by atoms with Gasteiger partial charge in [-0.2, -0.15) is 0 Å². The third-order valence-corrected chi connectivity index (χ3v) is 5.95. The van der Waals surface area contributed by atoms with Crippen molar-refractivity contribution in [2.75, 3.05) is 0 Å². The van der Waals surface area contributed by atoms with E-state index in [-0.39, 0.29) is 6.07 Å². The van der Waals surface area contributed by atoms with E-state index in [1.807, 2.05) is 0 Å². The van der Waals surface area contributed by atoms with Crippen molar-refractivity contribution in [1.29, 1.82) is 0 Å². The van der Waals surface area contributed by atoms with E-state index < -0.39 is 114 Å². The van der Waals surface area contributed by atoms with Gasteiger partial charge in [0.15, 0.2) is 46.5 Å². The molecule has 38 heavy (non-hydrogen) atoms. The molecular weight excluding hydrogens is 540 g/mol. The lowest BCUT2D eigenvalue weighted by Gasteiger charge is -2.20. The minimum atomic E-state index is -2.59. The van der Waals surface area contributed by atoms with Crippen molar-refractivity contribution in [1.82, 2.24) is 0 Å². The summed E-state index contributed by atoms with van der Waals surface area (Å²) in [7, 11) is 0. The first kappa shape index (κ1) is 25.4. The summed E-state index contributed by atoms with van der Waals surface area (Å²) in [6.07, 6.45) is 0. The van der Waals surface area contributed by atoms with E-state index in [0.717, 1.165) is 0 Å². The van der Waals surface area contributed by atoms with Crippen LogP contribution in [0.4, 0.5) is 52.7 Å². The topological polar surface area (TPSA) is 0 Å². The van der Waals surface area contributed by atoms with Gasteiger partial charge < -0.3 is 0 Å². The summed E-state index contributed by atoms with van der Waals surface area (Å²) in [6, 6.07) is 2.15. The number of benzene rings is 5. The summed E-state index contributed by atoms with van der Waals surface area (Å²) in [5, 5.41) is -4.26. The summed E-state index contributed by atoms with van der Waals surface area (Å²) < 4.78 is 174. The predicted octanol–water partition coefficient (Wildman–Crippen LogP) is 9.00. The van der Waals surface area contributed by atoms with Crippen LogP contribution in [0, 0.1) is 69.8 Å². The summed E-state index contributed by atoms with van der Waals surface area (Å²) in [6.45, 7) is 0. The number of rotatable bonds is 2. The molecule has 5 aromatic rings. The second kappa shape index (κ2) is 8.67. The molecule has 0 amide bonds. The van der Waals surface area contributed by atoms with Crippen LogP contribution in [0.1, 0.15) is 0 Å². The van der Waals surface area contributed by atoms with Crippen molar-refractivity contribution in [3.8, 4) is 22.3 Å². The molecule has 0 aliphatic rings. The van der Waals surface area contributed by atoms with Crippen LogP contribution in [0.5, 0.6) is 0 Å². The Morgan fingerprint density at radius 2 is 0.737 bits per heavy atom. The highest BCUT2D eigenvalue weighted by Crippen LogP contribution is 2.48. The molecule has 0 aliphatic heterocycles. The van der Waals surface area contributed by atoms with Crippen LogP contribution < -0.4 is 0 Å². The summed E-state index contributed by atoms with van der Waals surface area (Å²) >= 11 is 0. The second-order valence-corrected chi connectivity index (χ2v) is 8.01. The highest BCUT2D eigenvalue weighted by atomic mass is 19.2. The number of fused-ring (bicyclic) bond motifs is 2. The number of hydrogen-bond donors (Lipinski definition) is 0. The minimum Gasteiger partial charge on any atom is -0.207 e. The summed E-state index contributed by atoms with van der Waals surface area (Å²) in [5.41, 5.74) is -5.81. The molecule has 0 heterocycles. The molecule has 0 saturated heterocycles. The molecule has 0 aliphatic carbocycles. The maximum atomic E-state index is 15.2. The Labute approximate surface area is 203 Å². The highest BCUT2D eigenvalue weighted by molar-refractivity contribution is 6.21. The Morgan fingerprint density at radius 3 is 1.24 bits per heavy atom. The Hall–Kier alpha value is -4.22. The third-order valence-electron chi connectivity index (χ3n) is 5.95. The quantitative estimate of drug-likeness (QED) is 0.0898. The SMILES string of the molecule is Fc1ccc2c(-c3c(F)c(F)cc(F)c3F)c3c(F)ccc(F)c3c(-c3c(F)c(F)c(F)c(F)c3F)c2c1. The predicted molar refractivity (Wildman–Crippen MR) is 112 cm³/mol. The van der Waals surface area contributed by atoms with Crippen molar-refractivity contribution in [3.05, 3.63) is 106 Å². The summed E-state index contributed by atoms with van der Waals surface area (Å²) in [4.78, 5) is 0. The first-order valence-corrected chi connectivity index (χ1v) is 10.2. The molecule has 0 unspecified atom stereocenters. The standard InChI is InChI=1S/C26H6F12/c27-7-1-2-8-9(5-7)15(19-22(34)24(36)26(38)25(37)23(19)35)17-11(29)4-3-10(28)16(17)14(8)18-20(32)12(30)6-13(31)21(18)33/h1-6H. The largest absolute Gasteiger partial charge is 0.207 e. The molecule has 194 valence electrons. The molecule has 0 fully saturated rings. The fourth-order valence-electron chi connectivity index (χ4n) is 4.39. The smallest absolute Gasteiger partial charge is 0.200 e. The zero-order valence-electron chi connectivity index (χ0n) is 18.0. The highest BCUT2D eigenvalue weighted by Gasteiger charge is 2.33. The van der Waals surface area contributed by atoms with Crippen LogP contribution in [-0.2, 0) is 0 Å². The average molecular weight is 546 g/mol. The molecule has 0 N–H and O–H groups in total. The monoisotopic (exact) mass is 546 g/mol. The van der Waals surface area contributed by atoms with E-state index in [1.165, 1.54) is 0 Å². The molecule has 0 nitrogen and oxygen atoms in total. The Morgan fingerprint density at radius 1 is 0.316 bits per heavy atom. The van der Waals surface area contributed by atoms with Gasteiger partial charge in [-0.1, -0.05) is 6.07 Å². The van der Waals surface area contributed by atoms with Crippen molar-refractivity contribution in [2.24, 2.45) is 0 Å². The van der Waals surface area contributed by atoms with E-state index in [0.29, 0.717) is 30.3 Å². The van der Waals surface area contributed by atoms with Gasteiger partial charge in [-0.25, -0.2) is 52.7 Å². The van der Waals surface area contributed by atoms with Crippen LogP contribution in [0.2, 0.25) is 0 Å². The lowest BCUT2D eigenvalue weighted by molar-refractivity contribution is 0.381. The van der Waals surface area contributed by atoms with Gasteiger partial charge in [0.2, 0.25) is 5.82 Å². The zero-order chi connectivity index (χ0) is 27.8. The van der Waals surface area contributed by atoms with Crippen molar-refractivity contribution in [3.63, 3.8) is 0 Å². The molecule has 0 aromatic heterocycles. The normalized spacial score (nSPS) is 11.7. The van der Waals surface area contributed by atoms with Crippen LogP contribution in [0.25, 0.3) is 43.8 Å². The molecule has 0 radical (unpaired) electrons. The molecule has 5 rings (SSSR count). The fraction of sp³-hybridized carbons (Fsp3) is 0. The maximum absolute atomic E-state index is 15.2. The minimum absolute atomic E-state index is 0.182. The van der Waals surface area contributed by atoms with Crippen LogP contribution in [0.3, 0.4) is 0 Å². The van der Waals surface area contributed by atoms with Gasteiger partial charge in [-0.3, -0.25) is 0 Å². The van der Waals surface area contributed by atoms with Gasteiger partial charge in [0.25, 0.3) is 0 Å². The number of halogens is 12. The van der Waals surface area contributed by atoms with E-state index >= 15 is 8.78 Å². The molecule has 0 spiro atoms. The van der Waals surface area contributed by atoms with Gasteiger partial charge in [-0.15, -0.1) is 0 Å². The maximum Gasteiger partial charge on any atom is 0.200 e. The van der Waals surface area contributed by atoms with Crippen LogP contribution in [0.15, 0.2) is 36.4 Å². The van der Waals surface area contributed by atoms with Gasteiger partial charge in [0.1, 0.15) is 17.5 Å². The van der Waals surface area contributed by atoms with Crippen molar-refractivity contribution < 1.29 is 52.7 Å². The molecule has 5 aromatic carbocycles. The molecular formula is C26H6F12. The molecule has 0 saturated carbocycles. The molecule has 0 atom stereocenters. The van der Waals surface area contributed by atoms with Crippen molar-refractivity contribution in [2.45, 2.75) is 0 Å².